The second-order valence-corrected chi connectivity index (χ2v) is 8.75. The van der Waals surface area contributed by atoms with Crippen molar-refractivity contribution in [2.45, 2.75) is 25.7 Å². The summed E-state index contributed by atoms with van der Waals surface area (Å²) in [5, 5.41) is 6.81. The molecule has 1 aliphatic heterocycles. The molecule has 0 atom stereocenters. The summed E-state index contributed by atoms with van der Waals surface area (Å²) in [4.78, 5) is 2.59. The quantitative estimate of drug-likeness (QED) is 0.627. The van der Waals surface area contributed by atoms with E-state index in [0.29, 0.717) is 23.9 Å². The van der Waals surface area contributed by atoms with Gasteiger partial charge in [0.05, 0.1) is 18.1 Å². The van der Waals surface area contributed by atoms with E-state index in [1.807, 2.05) is 20.8 Å². The molecule has 1 saturated heterocycles. The lowest BCUT2D eigenvalue weighted by atomic mass is 10.2. The Bertz CT molecular complexity index is 730. The predicted octanol–water partition coefficient (Wildman–Crippen LogP) is 1.64. The van der Waals surface area contributed by atoms with Crippen molar-refractivity contribution in [3.63, 3.8) is 0 Å². The molecule has 0 bridgehead atoms. The minimum atomic E-state index is -3.50. The minimum absolute atomic E-state index is 0.274. The van der Waals surface area contributed by atoms with E-state index < -0.39 is 10.0 Å². The Morgan fingerprint density at radius 1 is 1.26 bits per heavy atom. The lowest BCUT2D eigenvalue weighted by Gasteiger charge is -2.26. The first-order chi connectivity index (χ1) is 12.9. The summed E-state index contributed by atoms with van der Waals surface area (Å²) in [6.45, 7) is 11.5. The van der Waals surface area contributed by atoms with Crippen LogP contribution in [0.25, 0.3) is 0 Å². The van der Waals surface area contributed by atoms with Crippen LogP contribution in [0, 0.1) is 6.92 Å². The van der Waals surface area contributed by atoms with Gasteiger partial charge in [0.25, 0.3) is 0 Å². The zero-order valence-electron chi connectivity index (χ0n) is 16.3. The third-order valence-corrected chi connectivity index (χ3v) is 6.91. The van der Waals surface area contributed by atoms with E-state index in [4.69, 9.17) is 17.0 Å². The van der Waals surface area contributed by atoms with E-state index in [1.54, 1.807) is 18.2 Å². The van der Waals surface area contributed by atoms with Gasteiger partial charge in [0.2, 0.25) is 10.0 Å². The fourth-order valence-corrected chi connectivity index (χ4v) is 4.62. The van der Waals surface area contributed by atoms with Gasteiger partial charge in [0.15, 0.2) is 5.11 Å². The van der Waals surface area contributed by atoms with Crippen molar-refractivity contribution in [2.24, 2.45) is 0 Å². The number of benzene rings is 1. The van der Waals surface area contributed by atoms with Crippen LogP contribution in [0.1, 0.15) is 19.4 Å². The van der Waals surface area contributed by atoms with Gasteiger partial charge in [0, 0.05) is 45.0 Å². The third-order valence-electron chi connectivity index (χ3n) is 4.62. The van der Waals surface area contributed by atoms with Crippen molar-refractivity contribution in [3.8, 4) is 0 Å². The van der Waals surface area contributed by atoms with Crippen LogP contribution in [0.2, 0.25) is 0 Å². The van der Waals surface area contributed by atoms with Crippen LogP contribution in [0.4, 0.5) is 5.69 Å². The SMILES string of the molecule is CCN(CC)S(=O)(=O)c1ccc(C)c(NC(=S)NCCN2CCOCC2)c1. The molecule has 2 N–H and O–H groups in total. The number of morpholine rings is 1. The van der Waals surface area contributed by atoms with Gasteiger partial charge >= 0.3 is 0 Å². The van der Waals surface area contributed by atoms with Gasteiger partial charge in [-0.1, -0.05) is 19.9 Å². The van der Waals surface area contributed by atoms with Gasteiger partial charge < -0.3 is 15.4 Å². The van der Waals surface area contributed by atoms with Crippen LogP contribution in [-0.4, -0.2) is 75.2 Å². The topological polar surface area (TPSA) is 73.9 Å². The van der Waals surface area contributed by atoms with Crippen molar-refractivity contribution in [1.29, 1.82) is 0 Å². The first kappa shape index (κ1) is 22.0. The van der Waals surface area contributed by atoms with Crippen LogP contribution in [0.5, 0.6) is 0 Å². The van der Waals surface area contributed by atoms with Gasteiger partial charge in [-0.05, 0) is 36.8 Å². The fourth-order valence-electron chi connectivity index (χ4n) is 2.93. The number of sulfonamides is 1. The summed E-state index contributed by atoms with van der Waals surface area (Å²) in [6, 6.07) is 5.09. The van der Waals surface area contributed by atoms with Crippen molar-refractivity contribution < 1.29 is 13.2 Å². The molecule has 27 heavy (non-hydrogen) atoms. The standard InChI is InChI=1S/C18H30N4O3S2/c1-4-22(5-2)27(23,24)16-7-6-15(3)17(14-16)20-18(26)19-8-9-21-10-12-25-13-11-21/h6-7,14H,4-5,8-13H2,1-3H3,(H2,19,20,26). The summed E-state index contributed by atoms with van der Waals surface area (Å²) >= 11 is 5.37. The number of nitrogens with zero attached hydrogens (tertiary/aromatic N) is 2. The highest BCUT2D eigenvalue weighted by atomic mass is 32.2. The lowest BCUT2D eigenvalue weighted by molar-refractivity contribution is 0.0389. The Labute approximate surface area is 168 Å². The summed E-state index contributed by atoms with van der Waals surface area (Å²) in [5.74, 6) is 0. The Hall–Kier alpha value is -1.26. The molecule has 0 aromatic heterocycles. The Kier molecular flexibility index (Phi) is 8.43. The van der Waals surface area contributed by atoms with Crippen LogP contribution >= 0.6 is 12.2 Å². The highest BCUT2D eigenvalue weighted by Gasteiger charge is 2.22. The van der Waals surface area contributed by atoms with Gasteiger partial charge in [-0.3, -0.25) is 4.90 Å². The molecule has 1 aliphatic rings. The van der Waals surface area contributed by atoms with Gasteiger partial charge in [-0.25, -0.2) is 8.42 Å². The first-order valence-electron chi connectivity index (χ1n) is 9.34. The molecule has 1 aromatic rings. The average molecular weight is 415 g/mol. The molecule has 0 amide bonds. The number of anilines is 1. The van der Waals surface area contributed by atoms with Gasteiger partial charge in [-0.2, -0.15) is 4.31 Å². The number of aryl methyl sites for hydroxylation is 1. The van der Waals surface area contributed by atoms with Crippen LogP contribution in [-0.2, 0) is 14.8 Å². The maximum atomic E-state index is 12.7. The van der Waals surface area contributed by atoms with Crippen molar-refractivity contribution in [2.75, 3.05) is 57.8 Å². The van der Waals surface area contributed by atoms with E-state index in [1.165, 1.54) is 4.31 Å². The van der Waals surface area contributed by atoms with Crippen LogP contribution < -0.4 is 10.6 Å². The monoisotopic (exact) mass is 414 g/mol. The minimum Gasteiger partial charge on any atom is -0.379 e. The highest BCUT2D eigenvalue weighted by molar-refractivity contribution is 7.89. The predicted molar refractivity (Wildman–Crippen MR) is 113 cm³/mol. The zero-order chi connectivity index (χ0) is 19.9. The Morgan fingerprint density at radius 3 is 2.56 bits per heavy atom. The largest absolute Gasteiger partial charge is 0.379 e. The van der Waals surface area contributed by atoms with E-state index in [0.717, 1.165) is 45.0 Å². The second-order valence-electron chi connectivity index (χ2n) is 6.40. The molecule has 0 saturated carbocycles. The zero-order valence-corrected chi connectivity index (χ0v) is 18.0. The van der Waals surface area contributed by atoms with Crippen molar-refractivity contribution >= 4 is 33.0 Å². The molecular weight excluding hydrogens is 384 g/mol. The molecule has 2 rings (SSSR count). The average Bonchev–Trinajstić information content (AvgIpc) is 2.65. The molecule has 0 spiro atoms. The molecular formula is C18H30N4O3S2. The lowest BCUT2D eigenvalue weighted by Crippen LogP contribution is -2.42. The van der Waals surface area contributed by atoms with Gasteiger partial charge in [-0.15, -0.1) is 0 Å². The maximum Gasteiger partial charge on any atom is 0.243 e. The van der Waals surface area contributed by atoms with E-state index in [9.17, 15) is 8.42 Å². The fraction of sp³-hybridized carbons (Fsp3) is 0.611. The summed E-state index contributed by atoms with van der Waals surface area (Å²) in [7, 11) is -3.50. The number of thiocarbonyl (C=S) groups is 1. The molecule has 9 heteroatoms. The second kappa shape index (κ2) is 10.3. The molecule has 7 nitrogen and oxygen atoms in total. The Balaban J connectivity index is 1.98. The van der Waals surface area contributed by atoms with Crippen molar-refractivity contribution in [3.05, 3.63) is 23.8 Å². The van der Waals surface area contributed by atoms with Crippen LogP contribution in [0.15, 0.2) is 23.1 Å². The third kappa shape index (κ3) is 6.11. The molecule has 0 radical (unpaired) electrons. The molecule has 1 heterocycles. The molecule has 152 valence electrons. The number of hydrogen-bond acceptors (Lipinski definition) is 5. The van der Waals surface area contributed by atoms with E-state index in [-0.39, 0.29) is 4.90 Å². The molecule has 1 fully saturated rings. The molecule has 0 aliphatic carbocycles. The van der Waals surface area contributed by atoms with E-state index in [2.05, 4.69) is 15.5 Å². The number of hydrogen-bond donors (Lipinski definition) is 2. The smallest absolute Gasteiger partial charge is 0.243 e. The molecule has 1 aromatic carbocycles. The van der Waals surface area contributed by atoms with Crippen LogP contribution in [0.3, 0.4) is 0 Å². The number of rotatable bonds is 8. The highest BCUT2D eigenvalue weighted by Crippen LogP contribution is 2.23. The van der Waals surface area contributed by atoms with Crippen molar-refractivity contribution in [1.82, 2.24) is 14.5 Å². The molecule has 0 unspecified atom stereocenters. The normalized spacial score (nSPS) is 15.7. The van der Waals surface area contributed by atoms with E-state index >= 15 is 0 Å². The summed E-state index contributed by atoms with van der Waals surface area (Å²) in [6.07, 6.45) is 0. The van der Waals surface area contributed by atoms with Gasteiger partial charge in [0.1, 0.15) is 0 Å². The number of ether oxygens (including phenoxy) is 1. The summed E-state index contributed by atoms with van der Waals surface area (Å²) < 4.78 is 32.2. The maximum absolute atomic E-state index is 12.7. The first-order valence-corrected chi connectivity index (χ1v) is 11.2. The number of nitrogens with one attached hydrogen (secondary N) is 2. The Morgan fingerprint density at radius 2 is 1.93 bits per heavy atom. The summed E-state index contributed by atoms with van der Waals surface area (Å²) in [5.41, 5.74) is 1.64.